The average Bonchev–Trinajstić information content (AvgIpc) is 2.97. The number of carbonyl (C=O) groups excluding carboxylic acids is 1. The monoisotopic (exact) mass is 389 g/mol. The highest BCUT2D eigenvalue weighted by Gasteiger charge is 2.26. The van der Waals surface area contributed by atoms with E-state index in [4.69, 9.17) is 4.74 Å². The second-order valence-electron chi connectivity index (χ2n) is 6.18. The number of ketones is 1. The number of rotatable bonds is 6. The van der Waals surface area contributed by atoms with E-state index in [2.05, 4.69) is 10.5 Å². The van der Waals surface area contributed by atoms with Gasteiger partial charge >= 0.3 is 0 Å². The summed E-state index contributed by atoms with van der Waals surface area (Å²) in [4.78, 5) is 25.8. The van der Waals surface area contributed by atoms with Crippen molar-refractivity contribution in [2.24, 2.45) is 12.1 Å². The number of carbonyl (C=O) groups is 1. The summed E-state index contributed by atoms with van der Waals surface area (Å²) in [5.41, 5.74) is 3.28. The highest BCUT2D eigenvalue weighted by atomic mass is 16.5. The van der Waals surface area contributed by atoms with Gasteiger partial charge in [0, 0.05) is 12.7 Å². The van der Waals surface area contributed by atoms with Crippen molar-refractivity contribution in [2.45, 2.75) is 6.92 Å². The fraction of sp³-hybridized carbons (Fsp3) is 0.143. The van der Waals surface area contributed by atoms with Gasteiger partial charge in [0.2, 0.25) is 11.5 Å². The zero-order valence-corrected chi connectivity index (χ0v) is 16.2. The summed E-state index contributed by atoms with van der Waals surface area (Å²) in [6.45, 7) is 1.65. The Morgan fingerprint density at radius 2 is 1.79 bits per heavy atom. The van der Waals surface area contributed by atoms with Gasteiger partial charge in [-0.05, 0) is 43.3 Å². The van der Waals surface area contributed by atoms with Gasteiger partial charge in [0.15, 0.2) is 0 Å². The molecule has 29 heavy (non-hydrogen) atoms. The van der Waals surface area contributed by atoms with Crippen molar-refractivity contribution in [2.75, 3.05) is 12.5 Å². The topological polar surface area (TPSA) is 101 Å². The molecule has 0 spiro atoms. The number of nitrogens with one attached hydrogen (secondary N) is 1. The lowest BCUT2D eigenvalue weighted by Gasteiger charge is -2.07. The molecule has 1 heterocycles. The van der Waals surface area contributed by atoms with E-state index in [1.54, 1.807) is 80.4 Å². The molecule has 1 aromatic heterocycles. The largest absolute Gasteiger partial charge is 0.497 e. The molecule has 0 aliphatic rings. The first-order valence-electron chi connectivity index (χ1n) is 8.74. The summed E-state index contributed by atoms with van der Waals surface area (Å²) in [6.07, 6.45) is 0. The van der Waals surface area contributed by atoms with Crippen molar-refractivity contribution >= 4 is 17.2 Å². The molecule has 1 N–H and O–H groups in total. The van der Waals surface area contributed by atoms with Gasteiger partial charge in [0.05, 0.1) is 18.5 Å². The Hall–Kier alpha value is -4.12. The summed E-state index contributed by atoms with van der Waals surface area (Å²) in [6, 6.07) is 17.5. The lowest BCUT2D eigenvalue weighted by Crippen LogP contribution is -2.25. The third kappa shape index (κ3) is 3.80. The summed E-state index contributed by atoms with van der Waals surface area (Å²) >= 11 is 0. The van der Waals surface area contributed by atoms with E-state index in [9.17, 15) is 14.9 Å². The van der Waals surface area contributed by atoms with Crippen molar-refractivity contribution in [3.63, 3.8) is 0 Å². The number of aromatic nitrogens is 2. The molecular weight excluding hydrogens is 370 g/mol. The Labute approximate surface area is 167 Å². The fourth-order valence-corrected chi connectivity index (χ4v) is 2.86. The zero-order valence-electron chi connectivity index (χ0n) is 16.2. The highest BCUT2D eigenvalue weighted by Crippen LogP contribution is 2.15. The van der Waals surface area contributed by atoms with E-state index in [-0.39, 0.29) is 5.56 Å². The van der Waals surface area contributed by atoms with Gasteiger partial charge in [-0.1, -0.05) is 18.2 Å². The maximum Gasteiger partial charge on any atom is 0.283 e. The second-order valence-corrected chi connectivity index (χ2v) is 6.18. The zero-order chi connectivity index (χ0) is 21.0. The van der Waals surface area contributed by atoms with Gasteiger partial charge in [-0.15, -0.1) is 0 Å². The van der Waals surface area contributed by atoms with Gasteiger partial charge in [-0.2, -0.15) is 10.4 Å². The van der Waals surface area contributed by atoms with Crippen molar-refractivity contribution in [3.8, 4) is 17.5 Å². The van der Waals surface area contributed by atoms with Gasteiger partial charge in [0.25, 0.3) is 5.56 Å². The number of para-hydroxylation sites is 1. The predicted octanol–water partition coefficient (Wildman–Crippen LogP) is 2.67. The summed E-state index contributed by atoms with van der Waals surface area (Å²) in [7, 11) is 3.23. The van der Waals surface area contributed by atoms with Crippen LogP contribution in [0.2, 0.25) is 0 Å². The van der Waals surface area contributed by atoms with Crippen molar-refractivity contribution < 1.29 is 9.53 Å². The maximum atomic E-state index is 12.9. The minimum Gasteiger partial charge on any atom is -0.497 e. The molecule has 0 amide bonds. The number of ether oxygens (including phenoxy) is 1. The van der Waals surface area contributed by atoms with Crippen LogP contribution in [-0.2, 0) is 7.05 Å². The molecule has 0 bridgehead atoms. The van der Waals surface area contributed by atoms with E-state index in [0.29, 0.717) is 22.8 Å². The van der Waals surface area contributed by atoms with Crippen molar-refractivity contribution in [1.29, 1.82) is 5.26 Å². The lowest BCUT2D eigenvalue weighted by atomic mass is 10.1. The normalized spacial score (nSPS) is 11.0. The van der Waals surface area contributed by atoms with Crippen LogP contribution >= 0.6 is 0 Å². The molecule has 0 aliphatic carbocycles. The second kappa shape index (κ2) is 8.27. The smallest absolute Gasteiger partial charge is 0.283 e. The highest BCUT2D eigenvalue weighted by molar-refractivity contribution is 6.51. The molecule has 8 nitrogen and oxygen atoms in total. The van der Waals surface area contributed by atoms with Crippen LogP contribution in [0.4, 0.5) is 5.69 Å². The van der Waals surface area contributed by atoms with Crippen LogP contribution in [0.1, 0.15) is 16.1 Å². The number of Topliss-reactive ketones (excluding diaryl/α,β-unsaturated/α-hetero) is 1. The first kappa shape index (κ1) is 19.6. The molecule has 8 heteroatoms. The number of benzene rings is 2. The number of methoxy groups -OCH3 is 1. The number of hydrazone groups is 1. The minimum absolute atomic E-state index is 0.0896. The SMILES string of the molecule is COc1ccc(NN=C(C#N)C(=O)c2c(C)n(C)n(-c3ccccc3)c2=O)cc1. The quantitative estimate of drug-likeness (QED) is 0.397. The molecule has 0 atom stereocenters. The summed E-state index contributed by atoms with van der Waals surface area (Å²) < 4.78 is 8.04. The first-order chi connectivity index (χ1) is 14.0. The van der Waals surface area contributed by atoms with E-state index < -0.39 is 17.1 Å². The Kier molecular flexibility index (Phi) is 5.60. The summed E-state index contributed by atoms with van der Waals surface area (Å²) in [5.74, 6) is -0.0706. The molecule has 0 fully saturated rings. The average molecular weight is 389 g/mol. The third-order valence-electron chi connectivity index (χ3n) is 4.49. The molecule has 0 unspecified atom stereocenters. The van der Waals surface area contributed by atoms with E-state index in [1.165, 1.54) is 4.68 Å². The van der Waals surface area contributed by atoms with Crippen LogP contribution in [0.15, 0.2) is 64.5 Å². The number of anilines is 1. The van der Waals surface area contributed by atoms with Crippen molar-refractivity contribution in [1.82, 2.24) is 9.36 Å². The molecule has 146 valence electrons. The molecule has 0 radical (unpaired) electrons. The molecule has 0 aliphatic heterocycles. The van der Waals surface area contributed by atoms with Crippen LogP contribution < -0.4 is 15.7 Å². The van der Waals surface area contributed by atoms with Gasteiger partial charge in [-0.3, -0.25) is 19.7 Å². The third-order valence-corrected chi connectivity index (χ3v) is 4.49. The minimum atomic E-state index is -0.735. The predicted molar refractivity (Wildman–Crippen MR) is 110 cm³/mol. The Morgan fingerprint density at radius 3 is 2.38 bits per heavy atom. The van der Waals surface area contributed by atoms with Crippen LogP contribution in [0, 0.1) is 18.3 Å². The molecule has 0 saturated carbocycles. The van der Waals surface area contributed by atoms with Gasteiger partial charge in [0.1, 0.15) is 17.4 Å². The van der Waals surface area contributed by atoms with Gasteiger partial charge < -0.3 is 4.74 Å². The van der Waals surface area contributed by atoms with E-state index in [1.807, 2.05) is 6.07 Å². The van der Waals surface area contributed by atoms with Crippen molar-refractivity contribution in [3.05, 3.63) is 76.2 Å². The Balaban J connectivity index is 1.96. The van der Waals surface area contributed by atoms with Crippen LogP contribution in [0.25, 0.3) is 5.69 Å². The summed E-state index contributed by atoms with van der Waals surface area (Å²) in [5, 5.41) is 13.3. The number of nitriles is 1. The Morgan fingerprint density at radius 1 is 1.14 bits per heavy atom. The Bertz CT molecular complexity index is 1170. The number of hydrogen-bond acceptors (Lipinski definition) is 6. The number of nitrogens with zero attached hydrogens (tertiary/aromatic N) is 4. The maximum absolute atomic E-state index is 12.9. The molecular formula is C21H19N5O3. The standard InChI is InChI=1S/C21H19N5O3/c1-14-19(21(28)26(25(14)2)16-7-5-4-6-8-16)20(27)18(13-22)24-23-15-9-11-17(29-3)12-10-15/h4-12,23H,1-3H3. The lowest BCUT2D eigenvalue weighted by molar-refractivity contribution is 0.106. The van der Waals surface area contributed by atoms with Gasteiger partial charge in [-0.25, -0.2) is 4.68 Å². The molecule has 3 aromatic rings. The van der Waals surface area contributed by atoms with Crippen LogP contribution in [-0.4, -0.2) is 28.0 Å². The van der Waals surface area contributed by atoms with E-state index >= 15 is 0 Å². The van der Waals surface area contributed by atoms with Crippen LogP contribution in [0.3, 0.4) is 0 Å². The van der Waals surface area contributed by atoms with Crippen LogP contribution in [0.5, 0.6) is 5.75 Å². The fourth-order valence-electron chi connectivity index (χ4n) is 2.86. The van der Waals surface area contributed by atoms with E-state index in [0.717, 1.165) is 0 Å². The number of hydrogen-bond donors (Lipinski definition) is 1. The molecule has 2 aromatic carbocycles. The molecule has 0 saturated heterocycles. The molecule has 3 rings (SSSR count). The first-order valence-corrected chi connectivity index (χ1v) is 8.74.